The number of thioether (sulfide) groups is 1. The van der Waals surface area contributed by atoms with Crippen LogP contribution in [0.4, 0.5) is 4.39 Å². The van der Waals surface area contributed by atoms with E-state index in [1.165, 1.54) is 29.2 Å². The molecular formula is C19H13BrFIN2O3S2. The second-order valence-electron chi connectivity index (χ2n) is 5.76. The number of benzene rings is 2. The molecule has 5 nitrogen and oxygen atoms in total. The van der Waals surface area contributed by atoms with Crippen molar-refractivity contribution < 1.29 is 17.6 Å². The zero-order valence-corrected chi connectivity index (χ0v) is 20.1. The Labute approximate surface area is 194 Å². The Bertz CT molecular complexity index is 1150. The second kappa shape index (κ2) is 9.11. The Hall–Kier alpha value is -1.50. The first-order valence-corrected chi connectivity index (χ1v) is 12.2. The fourth-order valence-electron chi connectivity index (χ4n) is 2.40. The fourth-order valence-corrected chi connectivity index (χ4v) is 5.37. The molecule has 3 rings (SSSR count). The fraction of sp³-hybridized carbons (Fsp3) is 0.0526. The summed E-state index contributed by atoms with van der Waals surface area (Å²) in [4.78, 5) is 14.1. The van der Waals surface area contributed by atoms with Crippen LogP contribution < -0.4 is 0 Å². The number of carbonyl (C=O) groups is 1. The summed E-state index contributed by atoms with van der Waals surface area (Å²) in [6, 6.07) is 10.9. The van der Waals surface area contributed by atoms with E-state index >= 15 is 0 Å². The first kappa shape index (κ1) is 22.2. The summed E-state index contributed by atoms with van der Waals surface area (Å²) in [5.74, 6) is -0.907. The van der Waals surface area contributed by atoms with Crippen LogP contribution in [0.3, 0.4) is 0 Å². The third-order valence-corrected chi connectivity index (χ3v) is 7.54. The van der Waals surface area contributed by atoms with Crippen molar-refractivity contribution in [3.8, 4) is 0 Å². The van der Waals surface area contributed by atoms with E-state index in [-0.39, 0.29) is 27.1 Å². The largest absolute Gasteiger partial charge is 0.284 e. The molecule has 1 saturated heterocycles. The lowest BCUT2D eigenvalue weighted by molar-refractivity contribution is -0.121. The quantitative estimate of drug-likeness (QED) is 0.272. The van der Waals surface area contributed by atoms with Crippen molar-refractivity contribution in [2.75, 3.05) is 6.54 Å². The van der Waals surface area contributed by atoms with Crippen LogP contribution in [0, 0.1) is 9.39 Å². The van der Waals surface area contributed by atoms with Gasteiger partial charge in [-0.2, -0.15) is 8.42 Å². The smallest absolute Gasteiger partial charge is 0.282 e. The predicted molar refractivity (Wildman–Crippen MR) is 125 cm³/mol. The summed E-state index contributed by atoms with van der Waals surface area (Å²) >= 11 is 6.00. The summed E-state index contributed by atoms with van der Waals surface area (Å²) < 4.78 is 44.6. The molecule has 1 amide bonds. The Balaban J connectivity index is 2.02. The predicted octanol–water partition coefficient (Wildman–Crippen LogP) is 5.04. The molecule has 10 heteroatoms. The van der Waals surface area contributed by atoms with Gasteiger partial charge in [0.15, 0.2) is 5.17 Å². The van der Waals surface area contributed by atoms with Crippen molar-refractivity contribution in [3.63, 3.8) is 0 Å². The van der Waals surface area contributed by atoms with Crippen LogP contribution in [0.15, 0.2) is 73.8 Å². The molecule has 150 valence electrons. The Morgan fingerprint density at radius 1 is 1.24 bits per heavy atom. The summed E-state index contributed by atoms with van der Waals surface area (Å²) in [6.07, 6.45) is 2.87. The Kier molecular flexibility index (Phi) is 6.97. The summed E-state index contributed by atoms with van der Waals surface area (Å²) in [5, 5.41) is -0.00453. The van der Waals surface area contributed by atoms with Crippen molar-refractivity contribution in [1.29, 1.82) is 0 Å². The minimum Gasteiger partial charge on any atom is -0.282 e. The molecule has 0 N–H and O–H groups in total. The average molecular weight is 607 g/mol. The number of hydrogen-bond acceptors (Lipinski definition) is 4. The number of carbonyl (C=O) groups excluding carboxylic acids is 1. The van der Waals surface area contributed by atoms with Crippen molar-refractivity contribution in [3.05, 3.63) is 79.4 Å². The molecule has 29 heavy (non-hydrogen) atoms. The van der Waals surface area contributed by atoms with Crippen molar-refractivity contribution in [2.45, 2.75) is 4.90 Å². The molecule has 0 radical (unpaired) electrons. The molecule has 0 bridgehead atoms. The van der Waals surface area contributed by atoms with Gasteiger partial charge < -0.3 is 0 Å². The summed E-state index contributed by atoms with van der Waals surface area (Å²) in [6.45, 7) is 3.67. The van der Waals surface area contributed by atoms with E-state index in [4.69, 9.17) is 0 Å². The van der Waals surface area contributed by atoms with Crippen LogP contribution in [0.1, 0.15) is 5.56 Å². The lowest BCUT2D eigenvalue weighted by Crippen LogP contribution is -2.29. The summed E-state index contributed by atoms with van der Waals surface area (Å²) in [7, 11) is -4.03. The van der Waals surface area contributed by atoms with Crippen LogP contribution in [0.25, 0.3) is 6.08 Å². The minimum absolute atomic E-state index is 0.000823. The number of hydrogen-bond donors (Lipinski definition) is 0. The number of nitrogens with zero attached hydrogens (tertiary/aromatic N) is 2. The van der Waals surface area contributed by atoms with Gasteiger partial charge in [-0.25, -0.2) is 4.39 Å². The van der Waals surface area contributed by atoms with E-state index in [0.29, 0.717) is 3.57 Å². The molecule has 2 aromatic carbocycles. The molecule has 0 aliphatic carbocycles. The molecule has 1 aliphatic heterocycles. The van der Waals surface area contributed by atoms with Crippen LogP contribution >= 0.6 is 50.3 Å². The number of sulfonamides is 1. The highest BCUT2D eigenvalue weighted by molar-refractivity contribution is 14.1. The number of amidine groups is 1. The van der Waals surface area contributed by atoms with Gasteiger partial charge in [-0.15, -0.1) is 11.0 Å². The highest BCUT2D eigenvalue weighted by Gasteiger charge is 2.34. The van der Waals surface area contributed by atoms with E-state index in [2.05, 4.69) is 26.9 Å². The van der Waals surface area contributed by atoms with Gasteiger partial charge in [0, 0.05) is 20.2 Å². The third kappa shape index (κ3) is 4.98. The van der Waals surface area contributed by atoms with Crippen LogP contribution in [0.2, 0.25) is 0 Å². The zero-order valence-electron chi connectivity index (χ0n) is 14.7. The average Bonchev–Trinajstić information content (AvgIpc) is 2.94. The number of amides is 1. The first-order valence-electron chi connectivity index (χ1n) is 8.10. The highest BCUT2D eigenvalue weighted by atomic mass is 127. The maximum Gasteiger partial charge on any atom is 0.284 e. The van der Waals surface area contributed by atoms with Gasteiger partial charge >= 0.3 is 0 Å². The van der Waals surface area contributed by atoms with Gasteiger partial charge in [-0.3, -0.25) is 9.69 Å². The standard InChI is InChI=1S/C19H13BrFIN2O3S2/c1-2-10-24-18(25)16(11-12-4-3-5-15(22)17(12)21)28-19(24)23-29(26,27)14-8-6-13(20)7-9-14/h2-9,11H,1,10H2/b16-11-,23-19?. The lowest BCUT2D eigenvalue weighted by atomic mass is 10.2. The monoisotopic (exact) mass is 606 g/mol. The van der Waals surface area contributed by atoms with Gasteiger partial charge in [0.05, 0.1) is 9.80 Å². The topological polar surface area (TPSA) is 66.8 Å². The van der Waals surface area contributed by atoms with E-state index in [1.54, 1.807) is 30.3 Å². The van der Waals surface area contributed by atoms with Gasteiger partial charge in [0.25, 0.3) is 15.9 Å². The van der Waals surface area contributed by atoms with Crippen molar-refractivity contribution >= 4 is 77.5 Å². The minimum atomic E-state index is -4.03. The van der Waals surface area contributed by atoms with Crippen LogP contribution in [-0.4, -0.2) is 30.9 Å². The maximum atomic E-state index is 14.3. The van der Waals surface area contributed by atoms with Gasteiger partial charge in [-0.05, 0) is 70.8 Å². The number of rotatable bonds is 5. The first-order chi connectivity index (χ1) is 13.7. The Morgan fingerprint density at radius 3 is 2.59 bits per heavy atom. The normalized spacial score (nSPS) is 17.3. The van der Waals surface area contributed by atoms with Crippen LogP contribution in [-0.2, 0) is 14.8 Å². The lowest BCUT2D eigenvalue weighted by Gasteiger charge is -2.12. The molecule has 1 fully saturated rings. The third-order valence-electron chi connectivity index (χ3n) is 3.78. The van der Waals surface area contributed by atoms with Crippen LogP contribution in [0.5, 0.6) is 0 Å². The second-order valence-corrected chi connectivity index (χ2v) is 10.5. The molecule has 0 atom stereocenters. The molecule has 2 aromatic rings. The zero-order chi connectivity index (χ0) is 21.2. The molecule has 0 aromatic heterocycles. The molecule has 0 spiro atoms. The van der Waals surface area contributed by atoms with E-state index < -0.39 is 21.7 Å². The van der Waals surface area contributed by atoms with Gasteiger partial charge in [-0.1, -0.05) is 34.1 Å². The maximum absolute atomic E-state index is 14.3. The van der Waals surface area contributed by atoms with E-state index in [9.17, 15) is 17.6 Å². The molecular weight excluding hydrogens is 594 g/mol. The van der Waals surface area contributed by atoms with E-state index in [1.807, 2.05) is 22.6 Å². The Morgan fingerprint density at radius 2 is 1.93 bits per heavy atom. The van der Waals surface area contributed by atoms with Gasteiger partial charge in [0.1, 0.15) is 5.82 Å². The SMILES string of the molecule is C=CCN1C(=O)/C(=C/c2cccc(I)c2F)SC1=NS(=O)(=O)c1ccc(Br)cc1. The molecule has 0 saturated carbocycles. The van der Waals surface area contributed by atoms with Crippen molar-refractivity contribution in [1.82, 2.24) is 4.90 Å². The molecule has 1 aliphatic rings. The molecule has 1 heterocycles. The molecule has 0 unspecified atom stereocenters. The number of halogens is 3. The van der Waals surface area contributed by atoms with Gasteiger partial charge in [0.2, 0.25) is 0 Å². The van der Waals surface area contributed by atoms with E-state index in [0.717, 1.165) is 16.2 Å². The summed E-state index contributed by atoms with van der Waals surface area (Å²) in [5.41, 5.74) is 0.239. The highest BCUT2D eigenvalue weighted by Crippen LogP contribution is 2.34. The van der Waals surface area contributed by atoms with Crippen molar-refractivity contribution in [2.24, 2.45) is 4.40 Å².